The van der Waals surface area contributed by atoms with E-state index in [0.29, 0.717) is 28.5 Å². The molecule has 0 aliphatic heterocycles. The minimum absolute atomic E-state index is 0.00334. The van der Waals surface area contributed by atoms with Crippen molar-refractivity contribution in [2.45, 2.75) is 19.8 Å². The number of carbonyl (C=O) groups excluding carboxylic acids is 2. The third-order valence-electron chi connectivity index (χ3n) is 6.03. The smallest absolute Gasteiger partial charge is 0.255 e. The molecule has 1 fully saturated rings. The van der Waals surface area contributed by atoms with Crippen LogP contribution in [0, 0.1) is 12.8 Å². The van der Waals surface area contributed by atoms with Gasteiger partial charge in [0.15, 0.2) is 0 Å². The first-order chi connectivity index (χ1) is 17.5. The number of hydrogen-bond donors (Lipinski definition) is 2. The fourth-order valence-corrected chi connectivity index (χ4v) is 3.84. The minimum Gasteiger partial charge on any atom is -0.497 e. The van der Waals surface area contributed by atoms with Crippen LogP contribution < -0.4 is 15.4 Å². The highest BCUT2D eigenvalue weighted by molar-refractivity contribution is 6.04. The van der Waals surface area contributed by atoms with Gasteiger partial charge < -0.3 is 15.4 Å². The van der Waals surface area contributed by atoms with Gasteiger partial charge >= 0.3 is 0 Å². The predicted molar refractivity (Wildman–Crippen MR) is 138 cm³/mol. The van der Waals surface area contributed by atoms with Gasteiger partial charge in [0.1, 0.15) is 17.9 Å². The molecule has 36 heavy (non-hydrogen) atoms. The molecule has 180 valence electrons. The van der Waals surface area contributed by atoms with E-state index >= 15 is 0 Å². The molecule has 0 bridgehead atoms. The van der Waals surface area contributed by atoms with E-state index in [1.54, 1.807) is 43.6 Å². The first-order valence-corrected chi connectivity index (χ1v) is 11.7. The van der Waals surface area contributed by atoms with E-state index < -0.39 is 0 Å². The van der Waals surface area contributed by atoms with E-state index in [2.05, 4.69) is 25.6 Å². The van der Waals surface area contributed by atoms with Gasteiger partial charge in [-0.15, -0.1) is 0 Å². The van der Waals surface area contributed by atoms with Crippen LogP contribution in [0.5, 0.6) is 5.75 Å². The first kappa shape index (κ1) is 23.2. The Morgan fingerprint density at radius 2 is 1.69 bits per heavy atom. The Hall–Kier alpha value is -4.59. The summed E-state index contributed by atoms with van der Waals surface area (Å²) in [4.78, 5) is 37.9. The normalized spacial score (nSPS) is 12.6. The van der Waals surface area contributed by atoms with E-state index in [4.69, 9.17) is 4.74 Å². The maximum atomic E-state index is 12.7. The van der Waals surface area contributed by atoms with E-state index in [1.165, 1.54) is 6.33 Å². The zero-order valence-electron chi connectivity index (χ0n) is 20.0. The van der Waals surface area contributed by atoms with Crippen LogP contribution in [0.4, 0.5) is 11.5 Å². The number of aryl methyl sites for hydroxylation is 1. The van der Waals surface area contributed by atoms with Gasteiger partial charge in [0.05, 0.1) is 24.7 Å². The Bertz CT molecular complexity index is 1430. The number of rotatable bonds is 7. The molecule has 0 unspecified atom stereocenters. The van der Waals surface area contributed by atoms with Gasteiger partial charge in [-0.1, -0.05) is 18.2 Å². The van der Waals surface area contributed by atoms with Crippen LogP contribution in [0.1, 0.15) is 28.9 Å². The standard InChI is InChI=1S/C28H25N5O3/c1-17-24(13-22(15-29-17)32-27(34)19-8-10-23(36-2)11-9-19)20-4-3-5-21(12-20)25-14-26(31-16-30-25)33-28(35)18-6-7-18/h3-5,8-16,18H,6-7H2,1-2H3,(H,32,34)(H,30,31,33,35). The average Bonchev–Trinajstić information content (AvgIpc) is 3.76. The van der Waals surface area contributed by atoms with Gasteiger partial charge in [0, 0.05) is 34.4 Å². The molecule has 4 aromatic rings. The van der Waals surface area contributed by atoms with Crippen LogP contribution in [0.2, 0.25) is 0 Å². The lowest BCUT2D eigenvalue weighted by Crippen LogP contribution is -2.14. The van der Waals surface area contributed by atoms with Gasteiger partial charge in [0.25, 0.3) is 5.91 Å². The monoisotopic (exact) mass is 479 g/mol. The Balaban J connectivity index is 1.38. The fourth-order valence-electron chi connectivity index (χ4n) is 3.84. The van der Waals surface area contributed by atoms with Crippen molar-refractivity contribution in [3.8, 4) is 28.1 Å². The first-order valence-electron chi connectivity index (χ1n) is 11.7. The van der Waals surface area contributed by atoms with Gasteiger partial charge in [0.2, 0.25) is 5.91 Å². The number of pyridine rings is 1. The highest BCUT2D eigenvalue weighted by atomic mass is 16.5. The molecule has 5 rings (SSSR count). The number of aromatic nitrogens is 3. The minimum atomic E-state index is -0.232. The second-order valence-electron chi connectivity index (χ2n) is 8.67. The lowest BCUT2D eigenvalue weighted by Gasteiger charge is -2.12. The Labute approximate surface area is 208 Å². The van der Waals surface area contributed by atoms with Crippen LogP contribution in [-0.2, 0) is 4.79 Å². The van der Waals surface area contributed by atoms with Crippen LogP contribution in [0.3, 0.4) is 0 Å². The summed E-state index contributed by atoms with van der Waals surface area (Å²) < 4.78 is 5.15. The topological polar surface area (TPSA) is 106 Å². The van der Waals surface area contributed by atoms with Crippen LogP contribution >= 0.6 is 0 Å². The molecule has 2 aromatic carbocycles. The van der Waals surface area contributed by atoms with Crippen molar-refractivity contribution in [1.82, 2.24) is 15.0 Å². The number of benzene rings is 2. The molecule has 1 saturated carbocycles. The molecule has 8 heteroatoms. The van der Waals surface area contributed by atoms with E-state index in [-0.39, 0.29) is 17.7 Å². The maximum Gasteiger partial charge on any atom is 0.255 e. The van der Waals surface area contributed by atoms with Gasteiger partial charge in [-0.3, -0.25) is 14.6 Å². The number of methoxy groups -OCH3 is 1. The van der Waals surface area contributed by atoms with Crippen LogP contribution in [0.25, 0.3) is 22.4 Å². The summed E-state index contributed by atoms with van der Waals surface area (Å²) >= 11 is 0. The van der Waals surface area contributed by atoms with Crippen molar-refractivity contribution >= 4 is 23.3 Å². The van der Waals surface area contributed by atoms with Gasteiger partial charge in [-0.25, -0.2) is 9.97 Å². The molecular formula is C28H25N5O3. The maximum absolute atomic E-state index is 12.7. The zero-order chi connectivity index (χ0) is 25.1. The lowest BCUT2D eigenvalue weighted by molar-refractivity contribution is -0.117. The Kier molecular flexibility index (Phi) is 6.40. The largest absolute Gasteiger partial charge is 0.497 e. The second-order valence-corrected chi connectivity index (χ2v) is 8.67. The number of amides is 2. The highest BCUT2D eigenvalue weighted by Gasteiger charge is 2.29. The summed E-state index contributed by atoms with van der Waals surface area (Å²) in [5.74, 6) is 1.04. The number of carbonyl (C=O) groups is 2. The van der Waals surface area contributed by atoms with Gasteiger partial charge in [-0.2, -0.15) is 0 Å². The van der Waals surface area contributed by atoms with Gasteiger partial charge in [-0.05, 0) is 61.7 Å². The van der Waals surface area contributed by atoms with E-state index in [9.17, 15) is 9.59 Å². The molecule has 2 N–H and O–H groups in total. The molecule has 1 aliphatic carbocycles. The number of nitrogens with zero attached hydrogens (tertiary/aromatic N) is 3. The average molecular weight is 480 g/mol. The van der Waals surface area contributed by atoms with Crippen molar-refractivity contribution in [3.05, 3.63) is 84.4 Å². The summed E-state index contributed by atoms with van der Waals surface area (Å²) in [6, 6.07) is 18.5. The lowest BCUT2D eigenvalue weighted by atomic mass is 10.00. The number of hydrogen-bond acceptors (Lipinski definition) is 6. The highest BCUT2D eigenvalue weighted by Crippen LogP contribution is 2.31. The summed E-state index contributed by atoms with van der Waals surface area (Å²) in [5.41, 5.74) is 5.34. The van der Waals surface area contributed by atoms with E-state index in [0.717, 1.165) is 35.2 Å². The molecule has 0 atom stereocenters. The summed E-state index contributed by atoms with van der Waals surface area (Å²) in [6.45, 7) is 1.92. The molecule has 0 radical (unpaired) electrons. The zero-order valence-corrected chi connectivity index (χ0v) is 20.0. The van der Waals surface area contributed by atoms with E-state index in [1.807, 2.05) is 37.3 Å². The quantitative estimate of drug-likeness (QED) is 0.381. The third-order valence-corrected chi connectivity index (χ3v) is 6.03. The molecule has 0 saturated heterocycles. The molecule has 1 aliphatic rings. The summed E-state index contributed by atoms with van der Waals surface area (Å²) in [5, 5.41) is 5.78. The molecule has 8 nitrogen and oxygen atoms in total. The summed E-state index contributed by atoms with van der Waals surface area (Å²) in [6.07, 6.45) is 4.95. The van der Waals surface area contributed by atoms with Crippen molar-refractivity contribution in [2.75, 3.05) is 17.7 Å². The van der Waals surface area contributed by atoms with Crippen LogP contribution in [-0.4, -0.2) is 33.9 Å². The molecular weight excluding hydrogens is 454 g/mol. The molecule has 2 heterocycles. The second kappa shape index (κ2) is 9.95. The number of nitrogens with one attached hydrogen (secondary N) is 2. The Morgan fingerprint density at radius 1 is 0.917 bits per heavy atom. The van der Waals surface area contributed by atoms with Crippen molar-refractivity contribution in [1.29, 1.82) is 0 Å². The SMILES string of the molecule is COc1ccc(C(=O)Nc2cnc(C)c(-c3cccc(-c4cc(NC(=O)C5CC5)ncn4)c3)c2)cc1. The Morgan fingerprint density at radius 3 is 2.44 bits per heavy atom. The molecule has 0 spiro atoms. The van der Waals surface area contributed by atoms with Crippen molar-refractivity contribution < 1.29 is 14.3 Å². The van der Waals surface area contributed by atoms with Crippen LogP contribution in [0.15, 0.2) is 73.2 Å². The fraction of sp³-hybridized carbons (Fsp3) is 0.179. The number of anilines is 2. The van der Waals surface area contributed by atoms with Crippen molar-refractivity contribution in [3.63, 3.8) is 0 Å². The number of ether oxygens (including phenoxy) is 1. The molecule has 2 amide bonds. The third kappa shape index (κ3) is 5.22. The predicted octanol–water partition coefficient (Wildman–Crippen LogP) is 5.12. The summed E-state index contributed by atoms with van der Waals surface area (Å²) in [7, 11) is 1.58. The molecule has 2 aromatic heterocycles. The van der Waals surface area contributed by atoms with Crippen molar-refractivity contribution in [2.24, 2.45) is 5.92 Å².